The van der Waals surface area contributed by atoms with Crippen LogP contribution in [0.4, 0.5) is 0 Å². The summed E-state index contributed by atoms with van der Waals surface area (Å²) in [5, 5.41) is 10.2. The van der Waals surface area contributed by atoms with Crippen molar-refractivity contribution in [2.75, 3.05) is 0 Å². The molecular weight excluding hydrogens is 316 g/mol. The number of phenolic OH excluding ortho intramolecular Hbond substituents is 1. The van der Waals surface area contributed by atoms with E-state index in [0.717, 1.165) is 18.4 Å². The van der Waals surface area contributed by atoms with Crippen molar-refractivity contribution >= 4 is 17.1 Å². The molecule has 0 spiro atoms. The molecule has 3 aromatic rings. The number of hydrogen-bond acceptors (Lipinski definition) is 4. The van der Waals surface area contributed by atoms with E-state index in [1.54, 1.807) is 23.6 Å². The van der Waals surface area contributed by atoms with Crippen LogP contribution in [0.2, 0.25) is 0 Å². The summed E-state index contributed by atoms with van der Waals surface area (Å²) in [5.74, 6) is -0.542. The number of rotatable bonds is 3. The highest BCUT2D eigenvalue weighted by Crippen LogP contribution is 2.41. The minimum atomic E-state index is -2.43. The second kappa shape index (κ2) is 5.31. The maximum Gasteiger partial charge on any atom is 0.252 e. The molecule has 1 saturated carbocycles. The highest BCUT2D eigenvalue weighted by Gasteiger charge is 2.29. The van der Waals surface area contributed by atoms with E-state index in [2.05, 4.69) is 9.97 Å². The van der Waals surface area contributed by atoms with Crippen LogP contribution in [0.15, 0.2) is 18.3 Å². The number of benzene rings is 1. The first-order valence-corrected chi connectivity index (χ1v) is 8.12. The monoisotopic (exact) mass is 339 g/mol. The molecule has 0 unspecified atom stereocenters. The highest BCUT2D eigenvalue weighted by atomic mass is 16.3. The lowest BCUT2D eigenvalue weighted by Gasteiger charge is -2.14. The smallest absolute Gasteiger partial charge is 0.252 e. The van der Waals surface area contributed by atoms with E-state index in [-0.39, 0.29) is 34.1 Å². The van der Waals surface area contributed by atoms with Gasteiger partial charge in [0.25, 0.3) is 5.91 Å². The van der Waals surface area contributed by atoms with Gasteiger partial charge in [-0.05, 0) is 45.2 Å². The maximum atomic E-state index is 12.1. The van der Waals surface area contributed by atoms with Crippen LogP contribution in [-0.2, 0) is 0 Å². The third kappa shape index (κ3) is 2.36. The summed E-state index contributed by atoms with van der Waals surface area (Å²) in [7, 11) is 0. The van der Waals surface area contributed by atoms with E-state index in [0.29, 0.717) is 16.9 Å². The number of nitrogens with zero attached hydrogens (tertiary/aromatic N) is 3. The van der Waals surface area contributed by atoms with Crippen LogP contribution >= 0.6 is 0 Å². The summed E-state index contributed by atoms with van der Waals surface area (Å²) >= 11 is 0. The van der Waals surface area contributed by atoms with Gasteiger partial charge in [-0.25, -0.2) is 9.97 Å². The second-order valence-corrected chi connectivity index (χ2v) is 6.56. The van der Waals surface area contributed by atoms with Gasteiger partial charge < -0.3 is 10.8 Å². The number of amides is 1. The van der Waals surface area contributed by atoms with Gasteiger partial charge in [0.2, 0.25) is 0 Å². The number of phenols is 1. The molecule has 0 atom stereocenters. The molecule has 0 aliphatic heterocycles. The molecule has 0 bridgehead atoms. The lowest BCUT2D eigenvalue weighted by molar-refractivity contribution is 0.100. The summed E-state index contributed by atoms with van der Waals surface area (Å²) in [5.41, 5.74) is 8.64. The number of hydrogen-bond donors (Lipinski definition) is 2. The minimum absolute atomic E-state index is 0.0423. The molecule has 2 aromatic heterocycles. The number of aryl methyl sites for hydroxylation is 2. The van der Waals surface area contributed by atoms with Crippen molar-refractivity contribution in [3.8, 4) is 11.4 Å². The Balaban J connectivity index is 2.11. The van der Waals surface area contributed by atoms with E-state index >= 15 is 0 Å². The normalized spacial score (nSPS) is 16.5. The molecule has 2 heterocycles. The zero-order valence-corrected chi connectivity index (χ0v) is 14.0. The van der Waals surface area contributed by atoms with Crippen molar-refractivity contribution in [2.45, 2.75) is 39.5 Å². The third-order valence-electron chi connectivity index (χ3n) is 4.72. The Labute approximate surface area is 149 Å². The first-order valence-electron chi connectivity index (χ1n) is 9.62. The summed E-state index contributed by atoms with van der Waals surface area (Å²) < 4.78 is 25.3. The number of nitrogens with two attached hydrogens (primary N) is 1. The Kier molecular flexibility index (Phi) is 2.65. The average Bonchev–Trinajstić information content (AvgIpc) is 3.39. The topological polar surface area (TPSA) is 94.0 Å². The maximum absolute atomic E-state index is 12.1. The van der Waals surface area contributed by atoms with Gasteiger partial charge in [0.15, 0.2) is 5.65 Å². The van der Waals surface area contributed by atoms with E-state index in [4.69, 9.17) is 9.85 Å². The molecule has 25 heavy (non-hydrogen) atoms. The Bertz CT molecular complexity index is 1130. The van der Waals surface area contributed by atoms with Crippen LogP contribution in [-0.4, -0.2) is 25.5 Å². The van der Waals surface area contributed by atoms with Crippen molar-refractivity contribution < 1.29 is 14.0 Å². The van der Waals surface area contributed by atoms with E-state index in [1.807, 2.05) is 6.92 Å². The van der Waals surface area contributed by atoms with Crippen molar-refractivity contribution in [3.05, 3.63) is 46.4 Å². The number of carbonyl (C=O) groups is 1. The molecule has 128 valence electrons. The summed E-state index contributed by atoms with van der Waals surface area (Å²) in [6.07, 6.45) is 3.21. The number of carbonyl (C=O) groups excluding carboxylic acids is 1. The Hall–Kier alpha value is -2.89. The van der Waals surface area contributed by atoms with Crippen LogP contribution in [0.1, 0.15) is 55.7 Å². The number of primary amides is 1. The number of fused-ring (bicyclic) bond motifs is 1. The molecule has 1 amide bonds. The van der Waals surface area contributed by atoms with Gasteiger partial charge in [-0.2, -0.15) is 0 Å². The molecular formula is C19H20N4O2. The van der Waals surface area contributed by atoms with E-state index in [1.165, 1.54) is 6.20 Å². The van der Waals surface area contributed by atoms with Gasteiger partial charge in [-0.15, -0.1) is 0 Å². The van der Waals surface area contributed by atoms with Gasteiger partial charge in [0.1, 0.15) is 11.3 Å². The molecule has 3 N–H and O–H groups in total. The number of aromatic hydroxyl groups is 1. The molecule has 0 radical (unpaired) electrons. The summed E-state index contributed by atoms with van der Waals surface area (Å²) in [6.45, 7) is 1.17. The van der Waals surface area contributed by atoms with Crippen molar-refractivity contribution in [1.82, 2.24) is 14.5 Å². The second-order valence-electron chi connectivity index (χ2n) is 6.56. The van der Waals surface area contributed by atoms with Gasteiger partial charge in [0.05, 0.1) is 22.6 Å². The Morgan fingerprint density at radius 1 is 1.36 bits per heavy atom. The molecule has 1 aliphatic carbocycles. The van der Waals surface area contributed by atoms with E-state index < -0.39 is 12.8 Å². The molecule has 1 fully saturated rings. The SMILES string of the molecule is [2H]C([2H])([2H])c1nc2c(nc1C1CC1)c(C(N)=O)cn2-c1c(C)ccc(O)c1C. The quantitative estimate of drug-likeness (QED) is 0.767. The van der Waals surface area contributed by atoms with Crippen LogP contribution in [0.3, 0.4) is 0 Å². The fraction of sp³-hybridized carbons (Fsp3) is 0.316. The minimum Gasteiger partial charge on any atom is -0.508 e. The molecule has 1 aromatic carbocycles. The van der Waals surface area contributed by atoms with E-state index in [9.17, 15) is 9.90 Å². The lowest BCUT2D eigenvalue weighted by Crippen LogP contribution is -2.11. The Morgan fingerprint density at radius 3 is 2.76 bits per heavy atom. The number of aromatic nitrogens is 3. The van der Waals surface area contributed by atoms with Crippen LogP contribution < -0.4 is 5.73 Å². The largest absolute Gasteiger partial charge is 0.508 e. The fourth-order valence-corrected chi connectivity index (χ4v) is 3.23. The van der Waals surface area contributed by atoms with Crippen LogP contribution in [0.25, 0.3) is 16.9 Å². The Morgan fingerprint density at radius 2 is 2.12 bits per heavy atom. The first kappa shape index (κ1) is 12.5. The van der Waals surface area contributed by atoms with Crippen molar-refractivity contribution in [2.24, 2.45) is 5.73 Å². The van der Waals surface area contributed by atoms with Crippen molar-refractivity contribution in [1.29, 1.82) is 0 Å². The zero-order chi connectivity index (χ0) is 20.4. The van der Waals surface area contributed by atoms with Crippen LogP contribution in [0, 0.1) is 20.7 Å². The standard InChI is InChI=1S/C19H20N4O2/c1-9-4-7-14(24)10(2)17(9)23-8-13(18(20)25)16-19(23)21-11(3)15(22-16)12-5-6-12/h4,7-8,12,24H,5-6H2,1-3H3,(H2,20,25)/i3D3. The summed E-state index contributed by atoms with van der Waals surface area (Å²) in [4.78, 5) is 21.0. The third-order valence-corrected chi connectivity index (χ3v) is 4.72. The first-order chi connectivity index (χ1) is 13.1. The lowest BCUT2D eigenvalue weighted by atomic mass is 10.1. The molecule has 1 aliphatic rings. The van der Waals surface area contributed by atoms with Crippen molar-refractivity contribution in [3.63, 3.8) is 0 Å². The molecule has 4 rings (SSSR count). The van der Waals surface area contributed by atoms with Gasteiger partial charge in [0, 0.05) is 21.8 Å². The predicted octanol–water partition coefficient (Wildman–Crippen LogP) is 3.03. The fourth-order valence-electron chi connectivity index (χ4n) is 3.23. The van der Waals surface area contributed by atoms with Gasteiger partial charge >= 0.3 is 0 Å². The van der Waals surface area contributed by atoms with Crippen LogP contribution in [0.5, 0.6) is 5.75 Å². The summed E-state index contributed by atoms with van der Waals surface area (Å²) in [6, 6.07) is 3.32. The molecule has 6 heteroatoms. The molecule has 0 saturated heterocycles. The zero-order valence-electron chi connectivity index (χ0n) is 17.0. The average molecular weight is 339 g/mol. The predicted molar refractivity (Wildman–Crippen MR) is 95.2 cm³/mol. The van der Waals surface area contributed by atoms with Gasteiger partial charge in [-0.1, -0.05) is 6.07 Å². The van der Waals surface area contributed by atoms with Gasteiger partial charge in [-0.3, -0.25) is 9.36 Å². The highest BCUT2D eigenvalue weighted by molar-refractivity contribution is 6.04. The molecule has 6 nitrogen and oxygen atoms in total.